The van der Waals surface area contributed by atoms with E-state index in [2.05, 4.69) is 31.1 Å². The van der Waals surface area contributed by atoms with Crippen LogP contribution in [0.5, 0.6) is 5.75 Å². The number of carbonyl (C=O) groups is 2. The van der Waals surface area contributed by atoms with Gasteiger partial charge in [0, 0.05) is 32.0 Å². The normalized spacial score (nSPS) is 21.3. The lowest BCUT2D eigenvalue weighted by molar-refractivity contribution is -0.127. The molecule has 0 aliphatic carbocycles. The van der Waals surface area contributed by atoms with Gasteiger partial charge in [0.15, 0.2) is 0 Å². The first-order valence-electron chi connectivity index (χ1n) is 10.7. The molecule has 0 bridgehead atoms. The summed E-state index contributed by atoms with van der Waals surface area (Å²) in [5, 5.41) is 3.07. The molecule has 1 spiro atoms. The fraction of sp³-hybridized carbons (Fsp3) is 0.652. The number of piperidine rings is 1. The van der Waals surface area contributed by atoms with Gasteiger partial charge in [-0.05, 0) is 45.9 Å². The lowest BCUT2D eigenvalue weighted by atomic mass is 9.90. The third-order valence-corrected chi connectivity index (χ3v) is 6.53. The van der Waals surface area contributed by atoms with Gasteiger partial charge < -0.3 is 19.9 Å². The molecule has 0 saturated carbocycles. The maximum Gasteiger partial charge on any atom is 0.258 e. The summed E-state index contributed by atoms with van der Waals surface area (Å²) in [6, 6.07) is 5.24. The summed E-state index contributed by atoms with van der Waals surface area (Å²) in [5.74, 6) is 0.729. The average molecular weight is 402 g/mol. The number of nitrogens with zero attached hydrogens (tertiary/aromatic N) is 2. The van der Waals surface area contributed by atoms with Crippen LogP contribution < -0.4 is 10.1 Å². The van der Waals surface area contributed by atoms with E-state index in [1.54, 1.807) is 4.90 Å². The molecule has 2 atom stereocenters. The number of rotatable bonds is 4. The monoisotopic (exact) mass is 401 g/mol. The second-order valence-corrected chi connectivity index (χ2v) is 9.24. The van der Waals surface area contributed by atoms with Crippen molar-refractivity contribution in [2.45, 2.75) is 65.1 Å². The van der Waals surface area contributed by atoms with E-state index >= 15 is 0 Å². The zero-order chi connectivity index (χ0) is 21.3. The second-order valence-electron chi connectivity index (χ2n) is 9.24. The van der Waals surface area contributed by atoms with Crippen molar-refractivity contribution in [1.29, 1.82) is 0 Å². The Morgan fingerprint density at radius 1 is 1.17 bits per heavy atom. The van der Waals surface area contributed by atoms with Crippen LogP contribution in [0, 0.1) is 12.8 Å². The molecule has 1 saturated heterocycles. The van der Waals surface area contributed by atoms with Gasteiger partial charge in [-0.1, -0.05) is 25.5 Å². The Kier molecular flexibility index (Phi) is 6.22. The molecule has 2 heterocycles. The van der Waals surface area contributed by atoms with Crippen molar-refractivity contribution in [2.24, 2.45) is 5.92 Å². The summed E-state index contributed by atoms with van der Waals surface area (Å²) in [6.07, 6.45) is 1.66. The van der Waals surface area contributed by atoms with Gasteiger partial charge in [0.05, 0.1) is 12.1 Å². The smallest absolute Gasteiger partial charge is 0.258 e. The second kappa shape index (κ2) is 8.34. The van der Waals surface area contributed by atoms with E-state index in [0.29, 0.717) is 23.8 Å². The minimum atomic E-state index is -0.560. The molecule has 1 aromatic carbocycles. The van der Waals surface area contributed by atoms with Gasteiger partial charge in [0.2, 0.25) is 5.91 Å². The van der Waals surface area contributed by atoms with Gasteiger partial charge in [-0.3, -0.25) is 9.59 Å². The Labute approximate surface area is 174 Å². The van der Waals surface area contributed by atoms with Crippen molar-refractivity contribution in [1.82, 2.24) is 15.1 Å². The van der Waals surface area contributed by atoms with Crippen LogP contribution in [-0.2, 0) is 4.79 Å². The van der Waals surface area contributed by atoms with Gasteiger partial charge in [-0.25, -0.2) is 0 Å². The van der Waals surface area contributed by atoms with Crippen molar-refractivity contribution in [3.63, 3.8) is 0 Å². The Morgan fingerprint density at radius 3 is 2.45 bits per heavy atom. The zero-order valence-corrected chi connectivity index (χ0v) is 18.6. The van der Waals surface area contributed by atoms with E-state index in [0.717, 1.165) is 31.5 Å². The number of fused-ring (bicyclic) bond motifs is 1. The number of nitrogens with one attached hydrogen (secondary N) is 1. The topological polar surface area (TPSA) is 61.9 Å². The molecular weight excluding hydrogens is 366 g/mol. The number of ether oxygens (including phenoxy) is 1. The molecule has 2 aliphatic rings. The van der Waals surface area contributed by atoms with Crippen LogP contribution in [0.15, 0.2) is 18.2 Å². The van der Waals surface area contributed by atoms with Gasteiger partial charge in [0.1, 0.15) is 17.4 Å². The molecule has 1 N–H and O–H groups in total. The Bertz CT molecular complexity index is 769. The van der Waals surface area contributed by atoms with Crippen LogP contribution in [0.1, 0.15) is 56.5 Å². The van der Waals surface area contributed by atoms with E-state index < -0.39 is 11.6 Å². The minimum Gasteiger partial charge on any atom is -0.484 e. The third kappa shape index (κ3) is 4.58. The summed E-state index contributed by atoms with van der Waals surface area (Å²) < 4.78 is 6.52. The van der Waals surface area contributed by atoms with Crippen LogP contribution >= 0.6 is 0 Å². The van der Waals surface area contributed by atoms with E-state index in [-0.39, 0.29) is 17.9 Å². The number of carbonyl (C=O) groups excluding carboxylic acids is 2. The third-order valence-electron chi connectivity index (χ3n) is 6.53. The highest BCUT2D eigenvalue weighted by Gasteiger charge is 2.44. The van der Waals surface area contributed by atoms with Gasteiger partial charge in [-0.2, -0.15) is 0 Å². The summed E-state index contributed by atoms with van der Waals surface area (Å²) in [4.78, 5) is 30.5. The van der Waals surface area contributed by atoms with E-state index in [4.69, 9.17) is 4.74 Å². The summed E-state index contributed by atoms with van der Waals surface area (Å²) in [6.45, 7) is 12.2. The van der Waals surface area contributed by atoms with Crippen molar-refractivity contribution < 1.29 is 14.3 Å². The van der Waals surface area contributed by atoms with Crippen molar-refractivity contribution in [2.75, 3.05) is 26.7 Å². The minimum absolute atomic E-state index is 0.0510. The number of hydrogen-bond donors (Lipinski definition) is 1. The van der Waals surface area contributed by atoms with Crippen molar-refractivity contribution >= 4 is 11.8 Å². The molecule has 1 fully saturated rings. The maximum atomic E-state index is 13.5. The first-order chi connectivity index (χ1) is 13.6. The molecule has 2 aliphatic heterocycles. The molecular formula is C23H35N3O3. The Morgan fingerprint density at radius 2 is 1.83 bits per heavy atom. The average Bonchev–Trinajstić information content (AvgIpc) is 2.79. The van der Waals surface area contributed by atoms with Crippen molar-refractivity contribution in [3.8, 4) is 5.75 Å². The predicted molar refractivity (Wildman–Crippen MR) is 114 cm³/mol. The summed E-state index contributed by atoms with van der Waals surface area (Å²) in [7, 11) is 2.10. The maximum absolute atomic E-state index is 13.5. The predicted octanol–water partition coefficient (Wildman–Crippen LogP) is 2.84. The quantitative estimate of drug-likeness (QED) is 0.843. The Hall–Kier alpha value is -2.08. The lowest BCUT2D eigenvalue weighted by Gasteiger charge is -2.42. The first-order valence-corrected chi connectivity index (χ1v) is 10.7. The molecule has 3 rings (SSSR count). The molecule has 1 aromatic rings. The first kappa shape index (κ1) is 21.6. The van der Waals surface area contributed by atoms with Gasteiger partial charge in [-0.15, -0.1) is 0 Å². The van der Waals surface area contributed by atoms with Gasteiger partial charge in [0.25, 0.3) is 5.91 Å². The van der Waals surface area contributed by atoms with Crippen LogP contribution in [0.2, 0.25) is 0 Å². The molecule has 2 amide bonds. The number of aryl methyl sites for hydroxylation is 1. The number of amides is 2. The Balaban J connectivity index is 1.94. The van der Waals surface area contributed by atoms with E-state index in [1.165, 1.54) is 0 Å². The largest absolute Gasteiger partial charge is 0.484 e. The van der Waals surface area contributed by atoms with Crippen molar-refractivity contribution in [3.05, 3.63) is 29.3 Å². The molecule has 29 heavy (non-hydrogen) atoms. The molecule has 0 aromatic heterocycles. The van der Waals surface area contributed by atoms with Crippen LogP contribution in [0.25, 0.3) is 0 Å². The fourth-order valence-electron chi connectivity index (χ4n) is 3.95. The molecule has 0 radical (unpaired) electrons. The number of likely N-dealkylation sites (tertiary alicyclic amines) is 1. The molecule has 6 heteroatoms. The van der Waals surface area contributed by atoms with Crippen LogP contribution in [0.4, 0.5) is 0 Å². The fourth-order valence-corrected chi connectivity index (χ4v) is 3.95. The lowest BCUT2D eigenvalue weighted by Crippen LogP contribution is -2.58. The van der Waals surface area contributed by atoms with E-state index in [1.807, 2.05) is 39.0 Å². The SMILES string of the molecule is Cc1ccc2c(c1)C(=O)N([C@H](C)C(=O)N[C@H](C)C(C)C)CC1(CCN(C)CC1)O2. The van der Waals surface area contributed by atoms with Crippen LogP contribution in [-0.4, -0.2) is 66.0 Å². The summed E-state index contributed by atoms with van der Waals surface area (Å²) in [5.41, 5.74) is 1.10. The molecule has 160 valence electrons. The number of benzene rings is 1. The highest BCUT2D eigenvalue weighted by molar-refractivity contribution is 6.00. The van der Waals surface area contributed by atoms with Crippen LogP contribution in [0.3, 0.4) is 0 Å². The highest BCUT2D eigenvalue weighted by Crippen LogP contribution is 2.36. The zero-order valence-electron chi connectivity index (χ0n) is 18.6. The molecule has 6 nitrogen and oxygen atoms in total. The highest BCUT2D eigenvalue weighted by atomic mass is 16.5. The van der Waals surface area contributed by atoms with Gasteiger partial charge >= 0.3 is 0 Å². The standard InChI is InChI=1S/C23H35N3O3/c1-15(2)17(4)24-21(27)18(5)26-14-23(9-11-25(6)12-10-23)29-20-8-7-16(3)13-19(20)22(26)28/h7-8,13,15,17-18H,9-12,14H2,1-6H3,(H,24,27)/t17-,18-/m1/s1. The van der Waals surface area contributed by atoms with E-state index in [9.17, 15) is 9.59 Å². The molecule has 0 unspecified atom stereocenters. The number of hydrogen-bond acceptors (Lipinski definition) is 4. The summed E-state index contributed by atoms with van der Waals surface area (Å²) >= 11 is 0.